The first kappa shape index (κ1) is 14.3. The summed E-state index contributed by atoms with van der Waals surface area (Å²) < 4.78 is 0. The van der Waals surface area contributed by atoms with Crippen LogP contribution in [0.4, 0.5) is 0 Å². The Kier molecular flexibility index (Phi) is 3.18. The Bertz CT molecular complexity index is 849. The number of fused-ring (bicyclic) bond motifs is 3. The second-order valence-electron chi connectivity index (χ2n) is 6.83. The number of benzene rings is 1. The van der Waals surface area contributed by atoms with E-state index in [9.17, 15) is 0 Å². The summed E-state index contributed by atoms with van der Waals surface area (Å²) >= 11 is 0. The highest BCUT2D eigenvalue weighted by atomic mass is 15.3. The van der Waals surface area contributed by atoms with Gasteiger partial charge in [-0.05, 0) is 68.1 Å². The summed E-state index contributed by atoms with van der Waals surface area (Å²) in [6.45, 7) is 3.87. The van der Waals surface area contributed by atoms with E-state index in [-0.39, 0.29) is 0 Å². The van der Waals surface area contributed by atoms with E-state index >= 15 is 0 Å². The van der Waals surface area contributed by atoms with Gasteiger partial charge in [-0.2, -0.15) is 15.4 Å². The Morgan fingerprint density at radius 3 is 2.26 bits per heavy atom. The minimum absolute atomic E-state index is 0.422. The molecule has 1 heterocycles. The fraction of sp³-hybridized carbons (Fsp3) is 0.444. The van der Waals surface area contributed by atoms with Crippen LogP contribution in [0.25, 0.3) is 11.0 Å². The Labute approximate surface area is 135 Å². The van der Waals surface area contributed by atoms with Crippen LogP contribution in [0, 0.1) is 29.6 Å². The van der Waals surface area contributed by atoms with Gasteiger partial charge in [0.25, 0.3) is 0 Å². The smallest absolute Gasteiger partial charge is 0.122 e. The summed E-state index contributed by atoms with van der Waals surface area (Å²) in [5.41, 5.74) is 6.88. The number of rotatable bonds is 3. The van der Waals surface area contributed by atoms with Gasteiger partial charge in [-0.25, -0.2) is 0 Å². The van der Waals surface area contributed by atoms with Crippen molar-refractivity contribution in [3.63, 3.8) is 0 Å². The van der Waals surface area contributed by atoms with Gasteiger partial charge in [0.15, 0.2) is 0 Å². The lowest BCUT2D eigenvalue weighted by atomic mass is 9.64. The molecule has 0 atom stereocenters. The van der Waals surface area contributed by atoms with Crippen LogP contribution in [-0.4, -0.2) is 26.8 Å². The summed E-state index contributed by atoms with van der Waals surface area (Å²) in [6.07, 6.45) is 4.63. The zero-order valence-electron chi connectivity index (χ0n) is 13.5. The molecule has 0 amide bonds. The third-order valence-electron chi connectivity index (χ3n) is 5.45. The van der Waals surface area contributed by atoms with E-state index in [1.807, 2.05) is 26.0 Å². The predicted molar refractivity (Wildman–Crippen MR) is 91.3 cm³/mol. The third-order valence-corrected chi connectivity index (χ3v) is 5.45. The number of H-pyrrole nitrogens is 1. The number of hydrogen-bond acceptors (Lipinski definition) is 4. The second-order valence-corrected chi connectivity index (χ2v) is 6.83. The van der Waals surface area contributed by atoms with Gasteiger partial charge in [-0.15, -0.1) is 0 Å². The average Bonchev–Trinajstić information content (AvgIpc) is 3.05. The van der Waals surface area contributed by atoms with Crippen LogP contribution in [-0.2, 0) is 0 Å². The van der Waals surface area contributed by atoms with Crippen molar-refractivity contribution in [2.75, 3.05) is 0 Å². The van der Waals surface area contributed by atoms with Crippen molar-refractivity contribution in [2.24, 2.45) is 11.8 Å². The first-order chi connectivity index (χ1) is 11.1. The molecule has 0 radical (unpaired) electrons. The van der Waals surface area contributed by atoms with Crippen molar-refractivity contribution in [1.29, 1.82) is 10.8 Å². The summed E-state index contributed by atoms with van der Waals surface area (Å²) in [6, 6.07) is 3.99. The van der Waals surface area contributed by atoms with E-state index in [1.165, 1.54) is 12.8 Å². The molecule has 3 aliphatic carbocycles. The molecule has 1 aromatic carbocycles. The van der Waals surface area contributed by atoms with Crippen molar-refractivity contribution in [2.45, 2.75) is 39.5 Å². The van der Waals surface area contributed by atoms with Gasteiger partial charge < -0.3 is 5.41 Å². The lowest BCUT2D eigenvalue weighted by Gasteiger charge is -2.40. The van der Waals surface area contributed by atoms with Crippen LogP contribution in [0.1, 0.15) is 43.7 Å². The topological polar surface area (TPSA) is 89.3 Å². The predicted octanol–water partition coefficient (Wildman–Crippen LogP) is 3.79. The summed E-state index contributed by atoms with van der Waals surface area (Å²) in [5, 5.41) is 28.2. The van der Waals surface area contributed by atoms with Crippen molar-refractivity contribution in [1.82, 2.24) is 15.4 Å². The molecule has 2 aromatic rings. The van der Waals surface area contributed by atoms with Crippen LogP contribution >= 0.6 is 0 Å². The molecule has 5 heteroatoms. The van der Waals surface area contributed by atoms with Crippen LogP contribution in [0.15, 0.2) is 23.3 Å². The van der Waals surface area contributed by atoms with E-state index in [2.05, 4.69) is 15.4 Å². The molecular weight excluding hydrogens is 286 g/mol. The first-order valence-corrected chi connectivity index (χ1v) is 8.27. The van der Waals surface area contributed by atoms with Gasteiger partial charge in [-0.1, -0.05) is 12.1 Å². The highest BCUT2D eigenvalue weighted by Crippen LogP contribution is 2.46. The number of aryl methyl sites for hydroxylation is 1. The van der Waals surface area contributed by atoms with Gasteiger partial charge >= 0.3 is 0 Å². The minimum atomic E-state index is 0.422. The number of hydrogen-bond donors (Lipinski definition) is 3. The summed E-state index contributed by atoms with van der Waals surface area (Å²) in [5.74, 6) is 0.886. The second kappa shape index (κ2) is 5.11. The number of aromatic amines is 1. The number of aromatic nitrogens is 3. The van der Waals surface area contributed by atoms with Gasteiger partial charge in [-0.3, -0.25) is 5.41 Å². The van der Waals surface area contributed by atoms with Gasteiger partial charge in [0, 0.05) is 11.3 Å². The molecule has 0 aliphatic heterocycles. The van der Waals surface area contributed by atoms with Crippen molar-refractivity contribution in [3.8, 4) is 0 Å². The molecule has 1 fully saturated rings. The van der Waals surface area contributed by atoms with Gasteiger partial charge in [0.2, 0.25) is 0 Å². The lowest BCUT2D eigenvalue weighted by molar-refractivity contribution is 0.311. The Morgan fingerprint density at radius 2 is 1.61 bits per heavy atom. The highest BCUT2D eigenvalue weighted by Gasteiger charge is 2.38. The molecule has 5 nitrogen and oxygen atoms in total. The van der Waals surface area contributed by atoms with Gasteiger partial charge in [0.1, 0.15) is 11.0 Å². The van der Waals surface area contributed by atoms with E-state index in [0.717, 1.165) is 46.1 Å². The number of nitrogens with one attached hydrogen (secondary N) is 3. The average molecular weight is 307 g/mol. The van der Waals surface area contributed by atoms with E-state index < -0.39 is 0 Å². The maximum atomic E-state index is 8.86. The van der Waals surface area contributed by atoms with E-state index in [1.54, 1.807) is 0 Å². The van der Waals surface area contributed by atoms with Crippen molar-refractivity contribution >= 4 is 22.5 Å². The molecule has 23 heavy (non-hydrogen) atoms. The molecule has 3 aliphatic rings. The maximum Gasteiger partial charge on any atom is 0.122 e. The molecule has 1 aromatic heterocycles. The highest BCUT2D eigenvalue weighted by molar-refractivity contribution is 6.20. The lowest BCUT2D eigenvalue weighted by Crippen LogP contribution is -2.32. The quantitative estimate of drug-likeness (QED) is 0.753. The van der Waals surface area contributed by atoms with Crippen molar-refractivity contribution in [3.05, 3.63) is 34.4 Å². The maximum absolute atomic E-state index is 8.86. The Morgan fingerprint density at radius 1 is 1.00 bits per heavy atom. The largest absolute Gasteiger partial charge is 0.305 e. The molecule has 0 saturated heterocycles. The molecule has 5 rings (SSSR count). The van der Waals surface area contributed by atoms with E-state index in [0.29, 0.717) is 23.3 Å². The fourth-order valence-electron chi connectivity index (χ4n) is 4.36. The van der Waals surface area contributed by atoms with Crippen LogP contribution in [0.2, 0.25) is 0 Å². The van der Waals surface area contributed by atoms with Crippen molar-refractivity contribution < 1.29 is 0 Å². The molecule has 3 N–H and O–H groups in total. The Hall–Kier alpha value is -2.30. The number of nitrogens with zero attached hydrogens (tertiary/aromatic N) is 2. The molecule has 0 unspecified atom stereocenters. The van der Waals surface area contributed by atoms with E-state index in [4.69, 9.17) is 10.8 Å². The molecule has 1 saturated carbocycles. The zero-order chi connectivity index (χ0) is 16.1. The monoisotopic (exact) mass is 307 g/mol. The third kappa shape index (κ3) is 2.06. The first-order valence-electron chi connectivity index (χ1n) is 8.27. The molecule has 2 bridgehead atoms. The molecular formula is C18H21N5. The normalized spacial score (nSPS) is 23.6. The summed E-state index contributed by atoms with van der Waals surface area (Å²) in [7, 11) is 0. The van der Waals surface area contributed by atoms with Crippen LogP contribution in [0.5, 0.6) is 0 Å². The number of allylic oxidation sites excluding steroid dienone is 2. The molecule has 118 valence electrons. The fourth-order valence-corrected chi connectivity index (χ4v) is 4.36. The molecule has 0 spiro atoms. The standard InChI is InChI=1S/C18H21N5/c1-9-3-8-13(18-17(9)21-23-22-18)16(20)15-12-6-4-11(5-7-12)14(15)10(2)19/h3,8,11-12,19-20H,4-7H2,1-2H3,(H,21,22,23). The Balaban J connectivity index is 1.90. The van der Waals surface area contributed by atoms with Crippen LogP contribution < -0.4 is 0 Å². The minimum Gasteiger partial charge on any atom is -0.305 e. The zero-order valence-corrected chi connectivity index (χ0v) is 13.5. The SMILES string of the molecule is CC(=N)C1=C(C(=N)c2ccc(C)c3n[nH]nc23)C2CCC1CC2. The van der Waals surface area contributed by atoms with Crippen LogP contribution in [0.3, 0.4) is 0 Å². The van der Waals surface area contributed by atoms with Gasteiger partial charge in [0.05, 0.1) is 5.71 Å². The summed E-state index contributed by atoms with van der Waals surface area (Å²) in [4.78, 5) is 0.